The van der Waals surface area contributed by atoms with Gasteiger partial charge in [0, 0.05) is 0 Å². The molecule has 46 valence electrons. The Morgan fingerprint density at radius 2 is 1.75 bits per heavy atom. The Hall–Kier alpha value is 0.580. The van der Waals surface area contributed by atoms with Crippen LogP contribution in [0.4, 0.5) is 0 Å². The molecule has 2 rings (SSSR count). The summed E-state index contributed by atoms with van der Waals surface area (Å²) in [6.45, 7) is 0. The van der Waals surface area contributed by atoms with Gasteiger partial charge in [-0.3, -0.25) is 0 Å². The summed E-state index contributed by atoms with van der Waals surface area (Å²) in [5, 5.41) is 0. The van der Waals surface area contributed by atoms with E-state index in [1.807, 2.05) is 0 Å². The molecule has 0 heterocycles. The minimum absolute atomic E-state index is 0.304. The summed E-state index contributed by atoms with van der Waals surface area (Å²) in [7, 11) is 0. The maximum absolute atomic E-state index is 5.81. The largest absolute Gasteiger partial charge is 0.121 e. The molecule has 1 atom stereocenters. The van der Waals surface area contributed by atoms with Crippen molar-refractivity contribution in [1.29, 1.82) is 0 Å². The van der Waals surface area contributed by atoms with Gasteiger partial charge in [0.25, 0.3) is 0 Å². The van der Waals surface area contributed by atoms with Crippen LogP contribution >= 0.6 is 23.2 Å². The van der Waals surface area contributed by atoms with Crippen LogP contribution in [0.15, 0.2) is 0 Å². The van der Waals surface area contributed by atoms with Crippen LogP contribution in [0.25, 0.3) is 0 Å². The Kier molecular flexibility index (Phi) is 0.908. The van der Waals surface area contributed by atoms with Crippen LogP contribution in [0.2, 0.25) is 0 Å². The van der Waals surface area contributed by atoms with Crippen molar-refractivity contribution < 1.29 is 0 Å². The average molecular weight is 151 g/mol. The van der Waals surface area contributed by atoms with Gasteiger partial charge < -0.3 is 0 Å². The molecule has 0 spiro atoms. The first-order chi connectivity index (χ1) is 3.70. The molecule has 2 heteroatoms. The van der Waals surface area contributed by atoms with Crippen LogP contribution < -0.4 is 0 Å². The Morgan fingerprint density at radius 1 is 1.25 bits per heavy atom. The fourth-order valence-electron chi connectivity index (χ4n) is 1.24. The Labute approximate surface area is 59.2 Å². The molecule has 0 radical (unpaired) electrons. The molecular weight excluding hydrogens is 143 g/mol. The van der Waals surface area contributed by atoms with Gasteiger partial charge in [0.05, 0.1) is 0 Å². The summed E-state index contributed by atoms with van der Waals surface area (Å²) in [6, 6.07) is 0. The highest BCUT2D eigenvalue weighted by Crippen LogP contribution is 2.62. The van der Waals surface area contributed by atoms with Crippen molar-refractivity contribution in [3.05, 3.63) is 0 Å². The van der Waals surface area contributed by atoms with Crippen LogP contribution in [0.1, 0.15) is 19.3 Å². The molecule has 0 aromatic heterocycles. The lowest BCUT2D eigenvalue weighted by atomic mass is 10.3. The van der Waals surface area contributed by atoms with E-state index in [9.17, 15) is 0 Å². The van der Waals surface area contributed by atoms with E-state index in [1.54, 1.807) is 0 Å². The second-order valence-corrected chi connectivity index (χ2v) is 4.45. The zero-order valence-electron chi connectivity index (χ0n) is 4.53. The van der Waals surface area contributed by atoms with E-state index in [0.29, 0.717) is 5.92 Å². The Morgan fingerprint density at radius 3 is 1.88 bits per heavy atom. The molecule has 2 fully saturated rings. The summed E-state index contributed by atoms with van der Waals surface area (Å²) in [6.07, 6.45) is 3.78. The Bertz CT molecular complexity index is 116. The number of rotatable bonds is 1. The van der Waals surface area contributed by atoms with Gasteiger partial charge in [0.1, 0.15) is 4.33 Å². The normalized spacial score (nSPS) is 42.0. The van der Waals surface area contributed by atoms with Crippen LogP contribution in [0, 0.1) is 11.8 Å². The summed E-state index contributed by atoms with van der Waals surface area (Å²) in [5.74, 6) is 1.55. The number of hydrogen-bond acceptors (Lipinski definition) is 0. The fourth-order valence-corrected chi connectivity index (χ4v) is 1.93. The van der Waals surface area contributed by atoms with Gasteiger partial charge in [-0.05, 0) is 31.1 Å². The Balaban J connectivity index is 1.95. The first-order valence-corrected chi connectivity index (χ1v) is 3.83. The SMILES string of the molecule is ClC1(Cl)CC1C1CC1. The summed E-state index contributed by atoms with van der Waals surface area (Å²) >= 11 is 11.6. The quantitative estimate of drug-likeness (QED) is 0.505. The lowest BCUT2D eigenvalue weighted by Crippen LogP contribution is -1.90. The smallest absolute Gasteiger partial charge is 0.101 e. The summed E-state index contributed by atoms with van der Waals surface area (Å²) in [4.78, 5) is 0. The number of alkyl halides is 2. The minimum Gasteiger partial charge on any atom is -0.101 e. The zero-order chi connectivity index (χ0) is 5.78. The molecule has 0 aromatic carbocycles. The molecule has 0 aromatic rings. The van der Waals surface area contributed by atoms with Crippen LogP contribution in [0.3, 0.4) is 0 Å². The van der Waals surface area contributed by atoms with E-state index in [1.165, 1.54) is 12.8 Å². The highest BCUT2D eigenvalue weighted by molar-refractivity contribution is 6.50. The van der Waals surface area contributed by atoms with E-state index in [4.69, 9.17) is 23.2 Å². The molecule has 2 aliphatic rings. The molecule has 0 amide bonds. The van der Waals surface area contributed by atoms with Crippen molar-refractivity contribution in [2.24, 2.45) is 11.8 Å². The molecule has 2 saturated carbocycles. The molecule has 0 N–H and O–H groups in total. The van der Waals surface area contributed by atoms with Crippen molar-refractivity contribution in [3.63, 3.8) is 0 Å². The fraction of sp³-hybridized carbons (Fsp3) is 1.00. The second kappa shape index (κ2) is 1.35. The van der Waals surface area contributed by atoms with Gasteiger partial charge >= 0.3 is 0 Å². The van der Waals surface area contributed by atoms with E-state index in [0.717, 1.165) is 12.3 Å². The topological polar surface area (TPSA) is 0 Å². The molecule has 0 saturated heterocycles. The van der Waals surface area contributed by atoms with Crippen LogP contribution in [-0.4, -0.2) is 4.33 Å². The van der Waals surface area contributed by atoms with E-state index >= 15 is 0 Å². The predicted molar refractivity (Wildman–Crippen MR) is 35.3 cm³/mol. The van der Waals surface area contributed by atoms with Gasteiger partial charge in [-0.1, -0.05) is 0 Å². The molecule has 1 unspecified atom stereocenters. The van der Waals surface area contributed by atoms with Gasteiger partial charge in [0.15, 0.2) is 0 Å². The summed E-state index contributed by atoms with van der Waals surface area (Å²) < 4.78 is -0.304. The molecule has 2 aliphatic carbocycles. The predicted octanol–water partition coefficient (Wildman–Crippen LogP) is 2.59. The first-order valence-electron chi connectivity index (χ1n) is 3.08. The van der Waals surface area contributed by atoms with Gasteiger partial charge in [-0.25, -0.2) is 0 Å². The molecule has 0 aliphatic heterocycles. The summed E-state index contributed by atoms with van der Waals surface area (Å²) in [5.41, 5.74) is 0. The number of hydrogen-bond donors (Lipinski definition) is 0. The highest BCUT2D eigenvalue weighted by Gasteiger charge is 2.58. The lowest BCUT2D eigenvalue weighted by molar-refractivity contribution is 0.707. The average Bonchev–Trinajstić information content (AvgIpc) is 2.37. The molecule has 0 nitrogen and oxygen atoms in total. The molecular formula is C6H8Cl2. The standard InChI is InChI=1S/C6H8Cl2/c7-6(8)3-5(6)4-1-2-4/h4-5H,1-3H2. The zero-order valence-corrected chi connectivity index (χ0v) is 6.04. The van der Waals surface area contributed by atoms with E-state index in [-0.39, 0.29) is 4.33 Å². The van der Waals surface area contributed by atoms with Crippen molar-refractivity contribution in [2.45, 2.75) is 23.6 Å². The number of halogens is 2. The maximum atomic E-state index is 5.81. The van der Waals surface area contributed by atoms with Gasteiger partial charge in [-0.15, -0.1) is 23.2 Å². The van der Waals surface area contributed by atoms with Crippen molar-refractivity contribution >= 4 is 23.2 Å². The molecule has 8 heavy (non-hydrogen) atoms. The van der Waals surface area contributed by atoms with Gasteiger partial charge in [0.2, 0.25) is 0 Å². The highest BCUT2D eigenvalue weighted by atomic mass is 35.5. The molecule has 0 bridgehead atoms. The van der Waals surface area contributed by atoms with Crippen molar-refractivity contribution in [1.82, 2.24) is 0 Å². The third-order valence-electron chi connectivity index (χ3n) is 2.07. The third kappa shape index (κ3) is 0.745. The maximum Gasteiger partial charge on any atom is 0.121 e. The second-order valence-electron chi connectivity index (χ2n) is 2.91. The van der Waals surface area contributed by atoms with E-state index in [2.05, 4.69) is 0 Å². The third-order valence-corrected chi connectivity index (χ3v) is 2.93. The van der Waals surface area contributed by atoms with Gasteiger partial charge in [-0.2, -0.15) is 0 Å². The lowest BCUT2D eigenvalue weighted by Gasteiger charge is -1.92. The van der Waals surface area contributed by atoms with Crippen LogP contribution in [-0.2, 0) is 0 Å². The van der Waals surface area contributed by atoms with E-state index < -0.39 is 0 Å². The van der Waals surface area contributed by atoms with Crippen LogP contribution in [0.5, 0.6) is 0 Å². The first kappa shape index (κ1) is 5.37. The minimum atomic E-state index is -0.304. The van der Waals surface area contributed by atoms with Crippen molar-refractivity contribution in [3.8, 4) is 0 Å². The van der Waals surface area contributed by atoms with Crippen molar-refractivity contribution in [2.75, 3.05) is 0 Å². The monoisotopic (exact) mass is 150 g/mol.